The van der Waals surface area contributed by atoms with Crippen LogP contribution in [0.2, 0.25) is 0 Å². The van der Waals surface area contributed by atoms with Crippen molar-refractivity contribution in [3.8, 4) is 11.3 Å². The van der Waals surface area contributed by atoms with E-state index in [4.69, 9.17) is 4.74 Å². The van der Waals surface area contributed by atoms with Gasteiger partial charge in [-0.2, -0.15) is 0 Å². The van der Waals surface area contributed by atoms with Gasteiger partial charge in [0.15, 0.2) is 0 Å². The van der Waals surface area contributed by atoms with Gasteiger partial charge in [0, 0.05) is 16.6 Å². The second kappa shape index (κ2) is 6.97. The molecular formula is C20H16N2O3. The van der Waals surface area contributed by atoms with Gasteiger partial charge in [0.05, 0.1) is 12.8 Å². The molecule has 1 N–H and O–H groups in total. The lowest BCUT2D eigenvalue weighted by Crippen LogP contribution is -2.07. The van der Waals surface area contributed by atoms with Gasteiger partial charge in [-0.25, -0.2) is 9.78 Å². The predicted molar refractivity (Wildman–Crippen MR) is 97.3 cm³/mol. The summed E-state index contributed by atoms with van der Waals surface area (Å²) in [5, 5.41) is 4.66. The summed E-state index contributed by atoms with van der Waals surface area (Å²) in [4.78, 5) is 27.7. The average Bonchev–Trinajstić information content (AvgIpc) is 2.67. The van der Waals surface area contributed by atoms with E-state index in [1.165, 1.54) is 13.2 Å². The number of methoxy groups -OCH3 is 1. The molecule has 1 heterocycles. The van der Waals surface area contributed by atoms with Crippen LogP contribution in [0.3, 0.4) is 0 Å². The van der Waals surface area contributed by atoms with Crippen LogP contribution in [-0.2, 0) is 9.53 Å². The van der Waals surface area contributed by atoms with Gasteiger partial charge in [0.2, 0.25) is 5.91 Å². The zero-order chi connectivity index (χ0) is 17.8. The van der Waals surface area contributed by atoms with Gasteiger partial charge in [0.1, 0.15) is 5.69 Å². The molecule has 0 radical (unpaired) electrons. The third-order valence-corrected chi connectivity index (χ3v) is 3.76. The molecule has 0 atom stereocenters. The number of aromatic nitrogens is 1. The quantitative estimate of drug-likeness (QED) is 0.583. The molecule has 2 aromatic carbocycles. The van der Waals surface area contributed by atoms with E-state index in [1.54, 1.807) is 12.1 Å². The Bertz CT molecular complexity index is 980. The molecule has 5 nitrogen and oxygen atoms in total. The fourth-order valence-corrected chi connectivity index (χ4v) is 2.54. The molecule has 3 aromatic rings. The van der Waals surface area contributed by atoms with Gasteiger partial charge in [-0.05, 0) is 35.7 Å². The first kappa shape index (κ1) is 16.4. The van der Waals surface area contributed by atoms with E-state index in [0.29, 0.717) is 11.4 Å². The first-order valence-electron chi connectivity index (χ1n) is 7.64. The lowest BCUT2D eigenvalue weighted by molar-refractivity contribution is -0.111. The summed E-state index contributed by atoms with van der Waals surface area (Å²) < 4.78 is 4.71. The molecule has 5 heteroatoms. The summed E-state index contributed by atoms with van der Waals surface area (Å²) in [5.74, 6) is -0.759. The molecule has 0 saturated carbocycles. The molecule has 1 aromatic heterocycles. The fraction of sp³-hybridized carbons (Fsp3) is 0.0500. The highest BCUT2D eigenvalue weighted by Crippen LogP contribution is 2.28. The Morgan fingerprint density at radius 2 is 1.92 bits per heavy atom. The maximum Gasteiger partial charge on any atom is 0.356 e. The summed E-state index contributed by atoms with van der Waals surface area (Å²) in [7, 11) is 1.32. The standard InChI is InChI=1S/C20H16N2O3/c1-3-19(23)22-17-8-4-6-13-10-11-14(12-15(13)17)16-7-5-9-18(21-16)20(24)25-2/h3-12H,1H2,2H3,(H,22,23). The Balaban J connectivity index is 2.09. The number of ether oxygens (including phenoxy) is 1. The second-order valence-corrected chi connectivity index (χ2v) is 5.33. The summed E-state index contributed by atoms with van der Waals surface area (Å²) in [6, 6.07) is 16.6. The van der Waals surface area contributed by atoms with Crippen molar-refractivity contribution in [1.29, 1.82) is 0 Å². The van der Waals surface area contributed by atoms with Crippen LogP contribution in [0.4, 0.5) is 5.69 Å². The third kappa shape index (κ3) is 3.40. The SMILES string of the molecule is C=CC(=O)Nc1cccc2ccc(-c3cccc(C(=O)OC)n3)cc12. The summed E-state index contributed by atoms with van der Waals surface area (Å²) in [5.41, 5.74) is 2.41. The Hall–Kier alpha value is -3.47. The van der Waals surface area contributed by atoms with E-state index in [1.807, 2.05) is 42.5 Å². The van der Waals surface area contributed by atoms with E-state index in [2.05, 4.69) is 16.9 Å². The zero-order valence-electron chi connectivity index (χ0n) is 13.7. The molecule has 0 saturated heterocycles. The van der Waals surface area contributed by atoms with Gasteiger partial charge in [-0.3, -0.25) is 4.79 Å². The molecule has 3 rings (SSSR count). The van der Waals surface area contributed by atoms with Crippen LogP contribution in [0.5, 0.6) is 0 Å². The molecule has 0 spiro atoms. The van der Waals surface area contributed by atoms with Crippen molar-refractivity contribution in [1.82, 2.24) is 4.98 Å². The van der Waals surface area contributed by atoms with E-state index < -0.39 is 5.97 Å². The van der Waals surface area contributed by atoms with E-state index >= 15 is 0 Å². The molecule has 1 amide bonds. The monoisotopic (exact) mass is 332 g/mol. The van der Waals surface area contributed by atoms with Crippen molar-refractivity contribution in [2.24, 2.45) is 0 Å². The van der Waals surface area contributed by atoms with Gasteiger partial charge in [-0.15, -0.1) is 0 Å². The van der Waals surface area contributed by atoms with E-state index in [-0.39, 0.29) is 11.6 Å². The highest BCUT2D eigenvalue weighted by atomic mass is 16.5. The minimum atomic E-state index is -0.485. The van der Waals surface area contributed by atoms with Crippen LogP contribution in [0.25, 0.3) is 22.0 Å². The fourth-order valence-electron chi connectivity index (χ4n) is 2.54. The number of benzene rings is 2. The topological polar surface area (TPSA) is 68.3 Å². The normalized spacial score (nSPS) is 10.3. The second-order valence-electron chi connectivity index (χ2n) is 5.33. The number of carbonyl (C=O) groups is 2. The van der Waals surface area contributed by atoms with Gasteiger partial charge < -0.3 is 10.1 Å². The summed E-state index contributed by atoms with van der Waals surface area (Å²) >= 11 is 0. The van der Waals surface area contributed by atoms with Gasteiger partial charge >= 0.3 is 5.97 Å². The minimum Gasteiger partial charge on any atom is -0.464 e. The number of hydrogen-bond acceptors (Lipinski definition) is 4. The van der Waals surface area contributed by atoms with Crippen molar-refractivity contribution in [2.45, 2.75) is 0 Å². The number of amides is 1. The molecular weight excluding hydrogens is 316 g/mol. The third-order valence-electron chi connectivity index (χ3n) is 3.76. The maximum atomic E-state index is 11.7. The number of nitrogens with one attached hydrogen (secondary N) is 1. The molecule has 0 bridgehead atoms. The first-order valence-corrected chi connectivity index (χ1v) is 7.64. The highest BCUT2D eigenvalue weighted by Gasteiger charge is 2.10. The van der Waals surface area contributed by atoms with Crippen molar-refractivity contribution < 1.29 is 14.3 Å². The Kier molecular flexibility index (Phi) is 4.57. The lowest BCUT2D eigenvalue weighted by atomic mass is 10.0. The Morgan fingerprint density at radius 3 is 2.68 bits per heavy atom. The molecule has 0 unspecified atom stereocenters. The van der Waals surface area contributed by atoms with Gasteiger partial charge in [0.25, 0.3) is 0 Å². The minimum absolute atomic E-state index is 0.244. The number of carbonyl (C=O) groups excluding carboxylic acids is 2. The van der Waals surface area contributed by atoms with Gasteiger partial charge in [-0.1, -0.05) is 36.9 Å². The number of nitrogens with zero attached hydrogens (tertiary/aromatic N) is 1. The zero-order valence-corrected chi connectivity index (χ0v) is 13.7. The number of hydrogen-bond donors (Lipinski definition) is 1. The van der Waals surface area contributed by atoms with Crippen LogP contribution in [0, 0.1) is 0 Å². The largest absolute Gasteiger partial charge is 0.464 e. The van der Waals surface area contributed by atoms with Crippen LogP contribution in [-0.4, -0.2) is 24.0 Å². The molecule has 25 heavy (non-hydrogen) atoms. The van der Waals surface area contributed by atoms with Crippen LogP contribution >= 0.6 is 0 Å². The predicted octanol–water partition coefficient (Wildman–Crippen LogP) is 3.81. The summed E-state index contributed by atoms with van der Waals surface area (Å²) in [6.45, 7) is 3.47. The van der Waals surface area contributed by atoms with Crippen molar-refractivity contribution in [2.75, 3.05) is 12.4 Å². The molecule has 124 valence electrons. The molecule has 0 fully saturated rings. The smallest absolute Gasteiger partial charge is 0.356 e. The summed E-state index contributed by atoms with van der Waals surface area (Å²) in [6.07, 6.45) is 1.23. The number of rotatable bonds is 4. The Labute approximate surface area is 145 Å². The maximum absolute atomic E-state index is 11.7. The first-order chi connectivity index (χ1) is 12.1. The molecule has 0 aliphatic carbocycles. The number of esters is 1. The average molecular weight is 332 g/mol. The Morgan fingerprint density at radius 1 is 1.12 bits per heavy atom. The van der Waals surface area contributed by atoms with Crippen LogP contribution in [0.15, 0.2) is 67.3 Å². The molecule has 0 aliphatic heterocycles. The van der Waals surface area contributed by atoms with Crippen molar-refractivity contribution in [3.63, 3.8) is 0 Å². The van der Waals surface area contributed by atoms with Crippen LogP contribution < -0.4 is 5.32 Å². The van der Waals surface area contributed by atoms with E-state index in [9.17, 15) is 9.59 Å². The van der Waals surface area contributed by atoms with Crippen LogP contribution in [0.1, 0.15) is 10.5 Å². The van der Waals surface area contributed by atoms with Crippen molar-refractivity contribution in [3.05, 3.63) is 72.9 Å². The van der Waals surface area contributed by atoms with Crippen molar-refractivity contribution >= 4 is 28.3 Å². The molecule has 0 aliphatic rings. The lowest BCUT2D eigenvalue weighted by Gasteiger charge is -2.09. The number of fused-ring (bicyclic) bond motifs is 1. The highest BCUT2D eigenvalue weighted by molar-refractivity contribution is 6.06. The number of pyridine rings is 1. The van der Waals surface area contributed by atoms with E-state index in [0.717, 1.165) is 16.3 Å². The number of anilines is 1.